The first kappa shape index (κ1) is 12.9. The second-order valence-electron chi connectivity index (χ2n) is 3.26. The summed E-state index contributed by atoms with van der Waals surface area (Å²) in [4.78, 5) is 0. The molecule has 0 atom stereocenters. The summed E-state index contributed by atoms with van der Waals surface area (Å²) in [5.41, 5.74) is 1.95. The summed E-state index contributed by atoms with van der Waals surface area (Å²) < 4.78 is 11.4. The van der Waals surface area contributed by atoms with Gasteiger partial charge in [-0.25, -0.2) is 0 Å². The standard InChI is InChI=1S/C12H14BrNO2/c1-4-8-7-9(5-6-14)12(16-3)10(13)11(8)15-2/h7H,4-5H2,1-3H3. The molecule has 0 aromatic heterocycles. The molecule has 0 aliphatic rings. The molecule has 1 rings (SSSR count). The Bertz CT molecular complexity index is 424. The summed E-state index contributed by atoms with van der Waals surface area (Å²) in [5.74, 6) is 1.46. The predicted octanol–water partition coefficient (Wildman–Crippen LogP) is 3.09. The van der Waals surface area contributed by atoms with E-state index >= 15 is 0 Å². The zero-order chi connectivity index (χ0) is 12.1. The van der Waals surface area contributed by atoms with Gasteiger partial charge >= 0.3 is 0 Å². The molecule has 0 N–H and O–H groups in total. The molecule has 0 heterocycles. The van der Waals surface area contributed by atoms with Gasteiger partial charge in [0.2, 0.25) is 0 Å². The van der Waals surface area contributed by atoms with E-state index in [1.165, 1.54) is 0 Å². The summed E-state index contributed by atoms with van der Waals surface area (Å²) in [7, 11) is 3.22. The monoisotopic (exact) mass is 283 g/mol. The smallest absolute Gasteiger partial charge is 0.141 e. The number of methoxy groups -OCH3 is 2. The van der Waals surface area contributed by atoms with Gasteiger partial charge in [-0.15, -0.1) is 0 Å². The fraction of sp³-hybridized carbons (Fsp3) is 0.417. The van der Waals surface area contributed by atoms with E-state index in [2.05, 4.69) is 22.0 Å². The molecule has 0 bridgehead atoms. The summed E-state index contributed by atoms with van der Waals surface area (Å²) in [6, 6.07) is 4.10. The molecular weight excluding hydrogens is 270 g/mol. The van der Waals surface area contributed by atoms with Gasteiger partial charge in [-0.3, -0.25) is 0 Å². The average molecular weight is 284 g/mol. The zero-order valence-electron chi connectivity index (χ0n) is 9.63. The van der Waals surface area contributed by atoms with E-state index in [0.29, 0.717) is 12.2 Å². The Morgan fingerprint density at radius 1 is 1.25 bits per heavy atom. The summed E-state index contributed by atoms with van der Waals surface area (Å²) in [6.07, 6.45) is 1.18. The molecule has 0 unspecified atom stereocenters. The van der Waals surface area contributed by atoms with Gasteiger partial charge in [-0.1, -0.05) is 6.92 Å². The van der Waals surface area contributed by atoms with Crippen molar-refractivity contribution in [3.05, 3.63) is 21.7 Å². The lowest BCUT2D eigenvalue weighted by Gasteiger charge is -2.15. The molecule has 0 radical (unpaired) electrons. The molecule has 0 aliphatic carbocycles. The number of hydrogen-bond donors (Lipinski definition) is 0. The molecule has 16 heavy (non-hydrogen) atoms. The number of nitriles is 1. The summed E-state index contributed by atoms with van der Waals surface area (Å²) in [5, 5.41) is 8.77. The van der Waals surface area contributed by atoms with E-state index in [4.69, 9.17) is 14.7 Å². The van der Waals surface area contributed by atoms with Crippen LogP contribution in [0.5, 0.6) is 11.5 Å². The topological polar surface area (TPSA) is 42.2 Å². The fourth-order valence-corrected chi connectivity index (χ4v) is 2.48. The van der Waals surface area contributed by atoms with Crippen LogP contribution in [0.2, 0.25) is 0 Å². The van der Waals surface area contributed by atoms with Gasteiger partial charge in [0.25, 0.3) is 0 Å². The highest BCUT2D eigenvalue weighted by molar-refractivity contribution is 9.10. The van der Waals surface area contributed by atoms with Gasteiger partial charge < -0.3 is 9.47 Å². The second kappa shape index (κ2) is 5.76. The third kappa shape index (κ3) is 2.30. The Balaban J connectivity index is 3.42. The van der Waals surface area contributed by atoms with Crippen molar-refractivity contribution in [3.8, 4) is 17.6 Å². The lowest BCUT2D eigenvalue weighted by molar-refractivity contribution is 0.384. The van der Waals surface area contributed by atoms with Crippen LogP contribution >= 0.6 is 15.9 Å². The van der Waals surface area contributed by atoms with Gasteiger partial charge in [0.15, 0.2) is 0 Å². The number of hydrogen-bond acceptors (Lipinski definition) is 3. The Labute approximate surface area is 104 Å². The first-order valence-corrected chi connectivity index (χ1v) is 5.78. The van der Waals surface area contributed by atoms with E-state index in [0.717, 1.165) is 27.8 Å². The quantitative estimate of drug-likeness (QED) is 0.853. The molecule has 86 valence electrons. The van der Waals surface area contributed by atoms with Crippen LogP contribution in [-0.2, 0) is 12.8 Å². The Morgan fingerprint density at radius 2 is 1.81 bits per heavy atom. The van der Waals surface area contributed by atoms with Gasteiger partial charge in [-0.2, -0.15) is 5.26 Å². The Kier molecular flexibility index (Phi) is 4.63. The Morgan fingerprint density at radius 3 is 2.25 bits per heavy atom. The van der Waals surface area contributed by atoms with Crippen LogP contribution in [0, 0.1) is 11.3 Å². The van der Waals surface area contributed by atoms with Crippen molar-refractivity contribution in [3.63, 3.8) is 0 Å². The number of aryl methyl sites for hydroxylation is 1. The minimum atomic E-state index is 0.332. The van der Waals surface area contributed by atoms with Gasteiger partial charge in [0.05, 0.1) is 26.7 Å². The van der Waals surface area contributed by atoms with Crippen LogP contribution in [0.1, 0.15) is 18.1 Å². The van der Waals surface area contributed by atoms with E-state index in [1.54, 1.807) is 14.2 Å². The van der Waals surface area contributed by atoms with Crippen molar-refractivity contribution < 1.29 is 9.47 Å². The summed E-state index contributed by atoms with van der Waals surface area (Å²) in [6.45, 7) is 2.05. The van der Waals surface area contributed by atoms with Crippen LogP contribution in [0.15, 0.2) is 10.5 Å². The van der Waals surface area contributed by atoms with Crippen molar-refractivity contribution >= 4 is 15.9 Å². The molecule has 4 heteroatoms. The molecule has 0 amide bonds. The Hall–Kier alpha value is -1.21. The van der Waals surface area contributed by atoms with E-state index in [1.807, 2.05) is 13.0 Å². The van der Waals surface area contributed by atoms with Gasteiger partial charge in [-0.05, 0) is 34.0 Å². The highest BCUT2D eigenvalue weighted by Crippen LogP contribution is 2.40. The van der Waals surface area contributed by atoms with Crippen LogP contribution in [0.4, 0.5) is 0 Å². The van der Waals surface area contributed by atoms with Crippen molar-refractivity contribution in [2.75, 3.05) is 14.2 Å². The molecule has 0 aliphatic heterocycles. The van der Waals surface area contributed by atoms with Crippen LogP contribution < -0.4 is 9.47 Å². The van der Waals surface area contributed by atoms with E-state index in [-0.39, 0.29) is 0 Å². The lowest BCUT2D eigenvalue weighted by Crippen LogP contribution is -1.99. The molecule has 1 aromatic carbocycles. The third-order valence-corrected chi connectivity index (χ3v) is 3.11. The van der Waals surface area contributed by atoms with E-state index in [9.17, 15) is 0 Å². The predicted molar refractivity (Wildman–Crippen MR) is 65.9 cm³/mol. The van der Waals surface area contributed by atoms with Crippen molar-refractivity contribution in [2.24, 2.45) is 0 Å². The SMILES string of the molecule is CCc1cc(CC#N)c(OC)c(Br)c1OC. The number of rotatable bonds is 4. The normalized spacial score (nSPS) is 9.69. The van der Waals surface area contributed by atoms with Gasteiger partial charge in [0, 0.05) is 5.56 Å². The lowest BCUT2D eigenvalue weighted by atomic mass is 10.0. The number of nitrogens with zero attached hydrogens (tertiary/aromatic N) is 1. The highest BCUT2D eigenvalue weighted by atomic mass is 79.9. The maximum Gasteiger partial charge on any atom is 0.141 e. The molecule has 0 fully saturated rings. The molecule has 0 saturated heterocycles. The van der Waals surface area contributed by atoms with Crippen molar-refractivity contribution in [1.29, 1.82) is 5.26 Å². The molecule has 0 saturated carbocycles. The average Bonchev–Trinajstić information content (AvgIpc) is 2.29. The van der Waals surface area contributed by atoms with Crippen LogP contribution in [0.3, 0.4) is 0 Å². The second-order valence-corrected chi connectivity index (χ2v) is 4.06. The molecule has 1 aromatic rings. The third-order valence-electron chi connectivity index (χ3n) is 2.39. The maximum absolute atomic E-state index is 8.77. The van der Waals surface area contributed by atoms with Crippen LogP contribution in [0.25, 0.3) is 0 Å². The number of benzene rings is 1. The molecular formula is C12H14BrNO2. The first-order chi connectivity index (χ1) is 7.69. The summed E-state index contributed by atoms with van der Waals surface area (Å²) >= 11 is 3.45. The fourth-order valence-electron chi connectivity index (χ4n) is 1.65. The minimum Gasteiger partial charge on any atom is -0.495 e. The van der Waals surface area contributed by atoms with Crippen LogP contribution in [-0.4, -0.2) is 14.2 Å². The number of ether oxygens (including phenoxy) is 2. The van der Waals surface area contributed by atoms with Crippen molar-refractivity contribution in [2.45, 2.75) is 19.8 Å². The maximum atomic E-state index is 8.77. The minimum absolute atomic E-state index is 0.332. The van der Waals surface area contributed by atoms with Crippen molar-refractivity contribution in [1.82, 2.24) is 0 Å². The number of halogens is 1. The largest absolute Gasteiger partial charge is 0.495 e. The first-order valence-electron chi connectivity index (χ1n) is 4.98. The van der Waals surface area contributed by atoms with E-state index < -0.39 is 0 Å². The highest BCUT2D eigenvalue weighted by Gasteiger charge is 2.16. The zero-order valence-corrected chi connectivity index (χ0v) is 11.2. The van der Waals surface area contributed by atoms with Gasteiger partial charge in [0.1, 0.15) is 16.0 Å². The molecule has 3 nitrogen and oxygen atoms in total. The molecule has 0 spiro atoms.